The number of amides is 1. The second kappa shape index (κ2) is 8.82. The zero-order chi connectivity index (χ0) is 24.7. The first kappa shape index (κ1) is 23.1. The molecule has 1 aliphatic carbocycles. The van der Waals surface area contributed by atoms with Crippen LogP contribution in [0.2, 0.25) is 0 Å². The van der Waals surface area contributed by atoms with Gasteiger partial charge in [-0.05, 0) is 43.0 Å². The monoisotopic (exact) mass is 486 g/mol. The van der Waals surface area contributed by atoms with Crippen molar-refractivity contribution >= 4 is 23.4 Å². The van der Waals surface area contributed by atoms with Gasteiger partial charge in [0, 0.05) is 17.3 Å². The van der Waals surface area contributed by atoms with Crippen LogP contribution in [0.4, 0.5) is 30.6 Å². The van der Waals surface area contributed by atoms with E-state index >= 15 is 0 Å². The Bertz CT molecular complexity index is 1250. The Labute approximate surface area is 199 Å². The molecule has 35 heavy (non-hydrogen) atoms. The third-order valence-electron chi connectivity index (χ3n) is 6.59. The predicted octanol–water partition coefficient (Wildman–Crippen LogP) is 4.22. The van der Waals surface area contributed by atoms with Crippen LogP contribution in [0.5, 0.6) is 0 Å². The van der Waals surface area contributed by atoms with Crippen molar-refractivity contribution in [3.63, 3.8) is 0 Å². The number of carbonyl (C=O) groups excluding carboxylic acids is 1. The molecule has 1 aliphatic heterocycles. The lowest BCUT2D eigenvalue weighted by molar-refractivity contribution is -0.127. The second-order valence-electron chi connectivity index (χ2n) is 8.88. The summed E-state index contributed by atoms with van der Waals surface area (Å²) in [4.78, 5) is 22.9. The highest BCUT2D eigenvalue weighted by molar-refractivity contribution is 5.93. The minimum absolute atomic E-state index is 0.000470. The first-order valence-corrected chi connectivity index (χ1v) is 11.6. The molecule has 0 radical (unpaired) electrons. The Hall–Kier alpha value is -3.70. The summed E-state index contributed by atoms with van der Waals surface area (Å²) >= 11 is 0. The molecule has 0 spiro atoms. The van der Waals surface area contributed by atoms with Crippen molar-refractivity contribution < 1.29 is 18.0 Å². The highest BCUT2D eigenvalue weighted by atomic mass is 19.4. The first-order valence-electron chi connectivity index (χ1n) is 11.6. The average molecular weight is 487 g/mol. The van der Waals surface area contributed by atoms with Crippen LogP contribution < -0.4 is 16.0 Å². The van der Waals surface area contributed by atoms with E-state index in [0.717, 1.165) is 49.7 Å². The quantitative estimate of drug-likeness (QED) is 0.536. The molecule has 1 aromatic carbocycles. The number of nitrogens with zero attached hydrogens (tertiary/aromatic N) is 6. The number of primary amides is 1. The van der Waals surface area contributed by atoms with Crippen LogP contribution in [0.15, 0.2) is 30.7 Å². The maximum Gasteiger partial charge on any atom is 0.393 e. The van der Waals surface area contributed by atoms with Gasteiger partial charge in [0.25, 0.3) is 0 Å². The van der Waals surface area contributed by atoms with Crippen LogP contribution in [0.3, 0.4) is 0 Å². The van der Waals surface area contributed by atoms with E-state index in [-0.39, 0.29) is 34.8 Å². The van der Waals surface area contributed by atoms with E-state index in [1.807, 2.05) is 4.57 Å². The molecule has 1 amide bonds. The van der Waals surface area contributed by atoms with Crippen molar-refractivity contribution in [2.24, 2.45) is 5.73 Å². The van der Waals surface area contributed by atoms with Crippen molar-refractivity contribution in [2.45, 2.75) is 63.7 Å². The van der Waals surface area contributed by atoms with E-state index in [1.54, 1.807) is 12.5 Å². The molecule has 1 atom stereocenters. The van der Waals surface area contributed by atoms with Gasteiger partial charge in [0.1, 0.15) is 12.0 Å². The molecule has 3 N–H and O–H groups in total. The topological polar surface area (TPSA) is 115 Å². The van der Waals surface area contributed by atoms with Crippen LogP contribution >= 0.6 is 0 Å². The molecular formula is C23H25F3N8O. The molecule has 2 aromatic heterocycles. The minimum atomic E-state index is -4.47. The lowest BCUT2D eigenvalue weighted by atomic mass is 10.0. The number of fused-ring (bicyclic) bond motifs is 3. The fourth-order valence-electron chi connectivity index (χ4n) is 5.06. The van der Waals surface area contributed by atoms with Crippen LogP contribution in [-0.4, -0.2) is 42.9 Å². The number of nitrogens with two attached hydrogens (primary N) is 1. The fourth-order valence-corrected chi connectivity index (χ4v) is 5.06. The van der Waals surface area contributed by atoms with Gasteiger partial charge in [-0.25, -0.2) is 4.98 Å². The molecular weight excluding hydrogens is 461 g/mol. The van der Waals surface area contributed by atoms with Gasteiger partial charge in [-0.3, -0.25) is 9.36 Å². The van der Waals surface area contributed by atoms with Crippen LogP contribution in [0.25, 0.3) is 5.69 Å². The lowest BCUT2D eigenvalue weighted by Crippen LogP contribution is -2.42. The first-order chi connectivity index (χ1) is 16.7. The van der Waals surface area contributed by atoms with E-state index in [2.05, 4.69) is 32.3 Å². The molecule has 12 heteroatoms. The Balaban J connectivity index is 1.56. The third kappa shape index (κ3) is 4.40. The number of carbonyl (C=O) groups is 1. The van der Waals surface area contributed by atoms with Crippen molar-refractivity contribution in [1.82, 2.24) is 24.7 Å². The number of halogens is 3. The van der Waals surface area contributed by atoms with Gasteiger partial charge in [0.15, 0.2) is 11.6 Å². The van der Waals surface area contributed by atoms with Gasteiger partial charge >= 0.3 is 6.18 Å². The van der Waals surface area contributed by atoms with E-state index in [0.29, 0.717) is 5.82 Å². The molecule has 5 rings (SSSR count). The van der Waals surface area contributed by atoms with Crippen molar-refractivity contribution in [1.29, 1.82) is 0 Å². The number of anilines is 3. The van der Waals surface area contributed by atoms with Crippen LogP contribution in [0, 0.1) is 0 Å². The van der Waals surface area contributed by atoms with Gasteiger partial charge in [0.05, 0.1) is 18.7 Å². The largest absolute Gasteiger partial charge is 0.393 e. The Morgan fingerprint density at radius 1 is 1.26 bits per heavy atom. The number of hydrogen-bond acceptors (Lipinski definition) is 7. The summed E-state index contributed by atoms with van der Waals surface area (Å²) in [5.41, 5.74) is 6.05. The van der Waals surface area contributed by atoms with Gasteiger partial charge in [-0.1, -0.05) is 19.8 Å². The zero-order valence-electron chi connectivity index (χ0n) is 19.1. The Morgan fingerprint density at radius 2 is 2.03 bits per heavy atom. The lowest BCUT2D eigenvalue weighted by Gasteiger charge is -2.40. The molecule has 1 unspecified atom stereocenters. The number of nitrogens with one attached hydrogen (secondary N) is 1. The van der Waals surface area contributed by atoms with Crippen molar-refractivity contribution in [3.05, 3.63) is 47.7 Å². The molecule has 0 saturated heterocycles. The van der Waals surface area contributed by atoms with Crippen molar-refractivity contribution in [3.8, 4) is 5.69 Å². The number of hydrogen-bond donors (Lipinski definition) is 2. The SMILES string of the molecule is CCC1c2nncn2-c2cnc(Nc3ccc(C(N)=O)cc3CC(F)(F)F)nc2N1C1CCCC1. The summed E-state index contributed by atoms with van der Waals surface area (Å²) in [6.45, 7) is 2.08. The van der Waals surface area contributed by atoms with Crippen LogP contribution in [0.1, 0.15) is 66.8 Å². The summed E-state index contributed by atoms with van der Waals surface area (Å²) in [5, 5.41) is 11.4. The van der Waals surface area contributed by atoms with E-state index in [1.165, 1.54) is 12.1 Å². The maximum atomic E-state index is 13.2. The maximum absolute atomic E-state index is 13.2. The second-order valence-corrected chi connectivity index (χ2v) is 8.88. The number of benzene rings is 1. The molecule has 184 valence electrons. The smallest absolute Gasteiger partial charge is 0.366 e. The van der Waals surface area contributed by atoms with Gasteiger partial charge < -0.3 is 16.0 Å². The Morgan fingerprint density at radius 3 is 2.71 bits per heavy atom. The molecule has 1 saturated carbocycles. The average Bonchev–Trinajstić information content (AvgIpc) is 3.50. The molecule has 3 heterocycles. The third-order valence-corrected chi connectivity index (χ3v) is 6.59. The number of aromatic nitrogens is 5. The number of alkyl halides is 3. The zero-order valence-corrected chi connectivity index (χ0v) is 19.1. The fraction of sp³-hybridized carbons (Fsp3) is 0.435. The normalized spacial score (nSPS) is 17.8. The summed E-state index contributed by atoms with van der Waals surface area (Å²) in [6, 6.07) is 4.18. The standard InChI is InChI=1S/C23H25F3N8O/c1-2-17-21-32-29-12-33(21)18-11-28-22(31-20(18)34(17)15-5-3-4-6-15)30-16-8-7-13(19(27)35)9-14(16)10-23(24,25)26/h7-9,11-12,15,17H,2-6,10H2,1H3,(H2,27,35)(H,28,30,31). The molecule has 0 bridgehead atoms. The molecule has 9 nitrogen and oxygen atoms in total. The molecule has 1 fully saturated rings. The van der Waals surface area contributed by atoms with E-state index < -0.39 is 18.5 Å². The van der Waals surface area contributed by atoms with Gasteiger partial charge in [-0.15, -0.1) is 10.2 Å². The van der Waals surface area contributed by atoms with Gasteiger partial charge in [-0.2, -0.15) is 18.2 Å². The van der Waals surface area contributed by atoms with Crippen LogP contribution in [-0.2, 0) is 6.42 Å². The number of rotatable bonds is 6. The summed E-state index contributed by atoms with van der Waals surface area (Å²) < 4.78 is 41.6. The molecule has 3 aromatic rings. The summed E-state index contributed by atoms with van der Waals surface area (Å²) in [7, 11) is 0. The van der Waals surface area contributed by atoms with E-state index in [9.17, 15) is 18.0 Å². The summed E-state index contributed by atoms with van der Waals surface area (Å²) in [6.07, 6.45) is 2.68. The Kier molecular flexibility index (Phi) is 5.81. The van der Waals surface area contributed by atoms with E-state index in [4.69, 9.17) is 10.7 Å². The summed E-state index contributed by atoms with van der Waals surface area (Å²) in [5.74, 6) is 0.881. The highest BCUT2D eigenvalue weighted by Crippen LogP contribution is 2.43. The highest BCUT2D eigenvalue weighted by Gasteiger charge is 2.38. The van der Waals surface area contributed by atoms with Crippen molar-refractivity contribution in [2.75, 3.05) is 10.2 Å². The molecule has 2 aliphatic rings. The minimum Gasteiger partial charge on any atom is -0.366 e. The predicted molar refractivity (Wildman–Crippen MR) is 123 cm³/mol. The van der Waals surface area contributed by atoms with Gasteiger partial charge in [0.2, 0.25) is 11.9 Å².